The van der Waals surface area contributed by atoms with E-state index in [-0.39, 0.29) is 0 Å². The topological polar surface area (TPSA) is 118 Å². The Balaban J connectivity index is 0.000000428. The lowest BCUT2D eigenvalue weighted by atomic mass is 10.0. The molecule has 0 bridgehead atoms. The Morgan fingerprint density at radius 3 is 1.36 bits per heavy atom. The van der Waals surface area contributed by atoms with Crippen molar-refractivity contribution in [3.8, 4) is 0 Å². The summed E-state index contributed by atoms with van der Waals surface area (Å²) in [4.78, 5) is 36.8. The second-order valence-electron chi connectivity index (χ2n) is 20.5. The molecule has 412 valence electrons. The number of benzene rings is 1. The van der Waals surface area contributed by atoms with Gasteiger partial charge < -0.3 is 4.98 Å². The molecule has 1 N–H and O–H groups in total. The Bertz CT molecular complexity index is 2190. The third kappa shape index (κ3) is 32.6. The summed E-state index contributed by atoms with van der Waals surface area (Å²) >= 11 is 5.10. The second-order valence-corrected chi connectivity index (χ2v) is 23.1. The maximum atomic E-state index is 4.18. The fourth-order valence-corrected chi connectivity index (χ4v) is 7.91. The molecular weight excluding hydrogens is 991 g/mol. The van der Waals surface area contributed by atoms with E-state index in [1.165, 1.54) is 43.7 Å². The number of thiazole rings is 3. The van der Waals surface area contributed by atoms with Crippen molar-refractivity contribution < 1.29 is 0 Å². The van der Waals surface area contributed by atoms with Crippen LogP contribution in [0.2, 0.25) is 0 Å². The van der Waals surface area contributed by atoms with Gasteiger partial charge in [0.2, 0.25) is 0 Å². The van der Waals surface area contributed by atoms with Gasteiger partial charge in [-0.2, -0.15) is 0 Å². The van der Waals surface area contributed by atoms with Gasteiger partial charge >= 0.3 is 0 Å². The molecule has 9 rings (SSSR count). The number of nitrogens with one attached hydrogen (secondary N) is 1. The maximum Gasteiger partial charge on any atom is 0.0950 e. The Kier molecular flexibility index (Phi) is 37.1. The third-order valence-electron chi connectivity index (χ3n) is 11.0. The fourth-order valence-electron chi connectivity index (χ4n) is 5.90. The summed E-state index contributed by atoms with van der Waals surface area (Å²) in [6.45, 7) is 38.9. The molecule has 0 saturated carbocycles. The molecule has 0 spiro atoms. The number of H-pyrrole nitrogens is 1. The summed E-state index contributed by atoms with van der Waals surface area (Å²) in [5, 5.41) is 5.32. The highest BCUT2D eigenvalue weighted by Crippen LogP contribution is 2.18. The fraction of sp³-hybridized carbons (Fsp3) is 0.438. The summed E-state index contributed by atoms with van der Waals surface area (Å²) in [7, 11) is 0. The summed E-state index contributed by atoms with van der Waals surface area (Å²) in [5.41, 5.74) is 12.7. The van der Waals surface area contributed by atoms with Crippen molar-refractivity contribution in [1.82, 2.24) is 39.9 Å². The van der Waals surface area contributed by atoms with Gasteiger partial charge in [0.05, 0.1) is 28.0 Å². The van der Waals surface area contributed by atoms with E-state index in [0.717, 1.165) is 12.1 Å². The Labute approximate surface area is 472 Å². The molecule has 0 amide bonds. The second kappa shape index (κ2) is 41.4. The molecule has 0 radical (unpaired) electrons. The van der Waals surface area contributed by atoms with Crippen molar-refractivity contribution in [3.05, 3.63) is 206 Å². The molecule has 0 saturated heterocycles. The third-order valence-corrected chi connectivity index (χ3v) is 13.7. The van der Waals surface area contributed by atoms with Gasteiger partial charge in [-0.3, -0.25) is 24.9 Å². The van der Waals surface area contributed by atoms with Crippen LogP contribution < -0.4 is 0 Å². The van der Waals surface area contributed by atoms with Crippen LogP contribution >= 0.6 is 34.0 Å². The van der Waals surface area contributed by atoms with Crippen molar-refractivity contribution >= 4 is 39.7 Å². The SMILES string of the molecule is CC(C)C1=NC=CC1.CC(C)c1ccccc1.CC(C)c1ccccn1.CC(C)c1cccnc1.CC(C)c1ccncc1.CC(C)c1cnc[nH]1.CC(C)c1cncs1.CC(C)c1cscn1.CC(C)c1nccs1. The molecule has 0 unspecified atom stereocenters. The number of nitrogens with zero attached hydrogens (tertiary/aromatic N) is 8. The predicted molar refractivity (Wildman–Crippen MR) is 333 cm³/mol. The Morgan fingerprint density at radius 1 is 0.434 bits per heavy atom. The minimum Gasteiger partial charge on any atom is -0.348 e. The Morgan fingerprint density at radius 2 is 1.07 bits per heavy atom. The average Bonchev–Trinajstić information content (AvgIpc) is 4.29. The number of aliphatic imine (C=N–C) groups is 1. The molecule has 7 aromatic heterocycles. The summed E-state index contributed by atoms with van der Waals surface area (Å²) in [5.74, 6) is 5.44. The molecule has 8 aromatic rings. The number of allylic oxidation sites excluding steroid dienone is 1. The first-order chi connectivity index (χ1) is 36.2. The van der Waals surface area contributed by atoms with Gasteiger partial charge in [0.15, 0.2) is 0 Å². The van der Waals surface area contributed by atoms with Crippen molar-refractivity contribution in [2.24, 2.45) is 10.9 Å². The molecule has 0 aliphatic carbocycles. The van der Waals surface area contributed by atoms with E-state index in [1.807, 2.05) is 108 Å². The monoisotopic (exact) mass is 1080 g/mol. The minimum atomic E-state index is 0.547. The largest absolute Gasteiger partial charge is 0.348 e. The summed E-state index contributed by atoms with van der Waals surface area (Å²) < 4.78 is 0. The minimum absolute atomic E-state index is 0.547. The summed E-state index contributed by atoms with van der Waals surface area (Å²) in [6.07, 6.45) is 21.6. The van der Waals surface area contributed by atoms with E-state index in [1.54, 1.807) is 46.5 Å². The average molecular weight is 1080 g/mol. The van der Waals surface area contributed by atoms with E-state index in [9.17, 15) is 0 Å². The van der Waals surface area contributed by atoms with Crippen LogP contribution in [0.3, 0.4) is 0 Å². The van der Waals surface area contributed by atoms with Gasteiger partial charge in [-0.05, 0) is 94.4 Å². The van der Waals surface area contributed by atoms with Crippen molar-refractivity contribution in [3.63, 3.8) is 0 Å². The van der Waals surface area contributed by atoms with Gasteiger partial charge in [-0.1, -0.05) is 173 Å². The first-order valence-corrected chi connectivity index (χ1v) is 29.6. The Hall–Kier alpha value is -5.82. The van der Waals surface area contributed by atoms with Crippen LogP contribution in [0.25, 0.3) is 0 Å². The number of aromatic nitrogens is 8. The van der Waals surface area contributed by atoms with Gasteiger partial charge in [0, 0.05) is 101 Å². The van der Waals surface area contributed by atoms with Crippen LogP contribution in [0.15, 0.2) is 168 Å². The smallest absolute Gasteiger partial charge is 0.0950 e. The predicted octanol–water partition coefficient (Wildman–Crippen LogP) is 19.8. The van der Waals surface area contributed by atoms with E-state index in [0.29, 0.717) is 53.3 Å². The maximum absolute atomic E-state index is 4.18. The molecule has 0 atom stereocenters. The van der Waals surface area contributed by atoms with Gasteiger partial charge in [-0.15, -0.1) is 34.0 Å². The number of hydrogen-bond donors (Lipinski definition) is 1. The van der Waals surface area contributed by atoms with E-state index < -0.39 is 0 Å². The van der Waals surface area contributed by atoms with Crippen molar-refractivity contribution in [1.29, 1.82) is 0 Å². The first-order valence-electron chi connectivity index (χ1n) is 26.9. The van der Waals surface area contributed by atoms with E-state index >= 15 is 0 Å². The number of pyridine rings is 3. The molecule has 0 fully saturated rings. The zero-order valence-corrected chi connectivity index (χ0v) is 51.7. The van der Waals surface area contributed by atoms with Crippen LogP contribution in [0.1, 0.15) is 222 Å². The standard InChI is InChI=1S/C9H12.3C8H11N.C7H11N.C6H10N2.3C6H9NS/c1-8(2)9-6-4-3-5-7-9;1-7(2)8-3-5-9-6-4-8;1-7(2)8-4-3-5-9-6-8;1-7(2)8-5-3-4-6-9-8;1-6(2)7-4-3-5-8-7;1-5(2)6-3-7-4-8-6;1-5(2)6-3-8-4-7-6;1-5(2)6-3-7-4-8-6;1-5(2)6-7-3-4-8-6/h3-8H,1-2H3;3*3-7H,1-2H3;3,5-6H,4H2,1-2H3;3-5H,1-2H3,(H,7,8);3*3-5H,1-2H3. The molecule has 8 heterocycles. The zero-order valence-electron chi connectivity index (χ0n) is 49.3. The van der Waals surface area contributed by atoms with Gasteiger partial charge in [0.1, 0.15) is 0 Å². The molecular formula is C64H93N9S3. The molecule has 12 heteroatoms. The molecule has 1 aliphatic rings. The van der Waals surface area contributed by atoms with Crippen LogP contribution in [-0.4, -0.2) is 45.6 Å². The summed E-state index contributed by atoms with van der Waals surface area (Å²) in [6, 6.07) is 24.7. The lowest BCUT2D eigenvalue weighted by Crippen LogP contribution is -2.02. The van der Waals surface area contributed by atoms with Crippen LogP contribution in [-0.2, 0) is 0 Å². The highest BCUT2D eigenvalue weighted by atomic mass is 32.1. The van der Waals surface area contributed by atoms with Gasteiger partial charge in [0.25, 0.3) is 0 Å². The van der Waals surface area contributed by atoms with E-state index in [4.69, 9.17) is 0 Å². The number of imidazole rings is 1. The molecule has 76 heavy (non-hydrogen) atoms. The molecule has 1 aliphatic heterocycles. The highest BCUT2D eigenvalue weighted by Gasteiger charge is 2.05. The van der Waals surface area contributed by atoms with Crippen LogP contribution in [0.4, 0.5) is 0 Å². The highest BCUT2D eigenvalue weighted by molar-refractivity contribution is 7.09. The number of hydrogen-bond acceptors (Lipinski definition) is 11. The lowest BCUT2D eigenvalue weighted by molar-refractivity contribution is 0.823. The van der Waals surface area contributed by atoms with Gasteiger partial charge in [-0.25, -0.2) is 15.0 Å². The zero-order chi connectivity index (χ0) is 56.7. The molecule has 1 aromatic carbocycles. The van der Waals surface area contributed by atoms with Crippen LogP contribution in [0, 0.1) is 5.92 Å². The lowest BCUT2D eigenvalue weighted by Gasteiger charge is -2.01. The quantitative estimate of drug-likeness (QED) is 0.153. The first kappa shape index (κ1) is 68.2. The van der Waals surface area contributed by atoms with Crippen molar-refractivity contribution in [2.45, 2.75) is 178 Å². The molecule has 9 nitrogen and oxygen atoms in total. The van der Waals surface area contributed by atoms with E-state index in [2.05, 4.69) is 211 Å². The van der Waals surface area contributed by atoms with Crippen molar-refractivity contribution in [2.75, 3.05) is 0 Å². The number of aromatic amines is 1. The normalized spacial score (nSPS) is 11.0. The number of rotatable bonds is 9. The van der Waals surface area contributed by atoms with Crippen LogP contribution in [0.5, 0.6) is 0 Å².